The maximum Gasteiger partial charge on any atom is 0.0684 e. The van der Waals surface area contributed by atoms with Gasteiger partial charge in [-0.25, -0.2) is 0 Å². The van der Waals surface area contributed by atoms with E-state index in [2.05, 4.69) is 6.07 Å². The Balaban J connectivity index is 2.04. The van der Waals surface area contributed by atoms with Crippen molar-refractivity contribution in [3.63, 3.8) is 0 Å². The van der Waals surface area contributed by atoms with Crippen LogP contribution in [0, 0.1) is 22.7 Å². The van der Waals surface area contributed by atoms with Crippen LogP contribution < -0.4 is 0 Å². The van der Waals surface area contributed by atoms with E-state index < -0.39 is 0 Å². The van der Waals surface area contributed by atoms with Crippen LogP contribution in [0.1, 0.15) is 52.4 Å². The number of nitrogens with zero attached hydrogens (tertiary/aromatic N) is 1. The molecular weight excluding hydrogens is 186 g/mol. The van der Waals surface area contributed by atoms with Crippen molar-refractivity contribution in [3.8, 4) is 6.07 Å². The molecule has 1 rings (SSSR count). The Morgan fingerprint density at radius 2 is 1.93 bits per heavy atom. The highest BCUT2D eigenvalue weighted by Crippen LogP contribution is 2.24. The molecule has 0 atom stereocenters. The fourth-order valence-corrected chi connectivity index (χ4v) is 1.99. The maximum absolute atomic E-state index is 8.84. The first-order valence-electron chi connectivity index (χ1n) is 6.13. The standard InChI is InChI=1S/C13H23NO/c1-13(2,11-14)8-9-15-10-12-6-4-3-5-7-12/h12H,3-10H2,1-2H3. The van der Waals surface area contributed by atoms with Gasteiger partial charge in [-0.05, 0) is 39.0 Å². The van der Waals surface area contributed by atoms with Crippen molar-refractivity contribution in [1.29, 1.82) is 5.26 Å². The van der Waals surface area contributed by atoms with E-state index in [1.54, 1.807) is 0 Å². The Bertz CT molecular complexity index is 211. The van der Waals surface area contributed by atoms with E-state index in [1.807, 2.05) is 13.8 Å². The lowest BCUT2D eigenvalue weighted by Gasteiger charge is -2.22. The van der Waals surface area contributed by atoms with E-state index in [4.69, 9.17) is 10.00 Å². The van der Waals surface area contributed by atoms with Crippen molar-refractivity contribution in [2.24, 2.45) is 11.3 Å². The maximum atomic E-state index is 8.84. The summed E-state index contributed by atoms with van der Waals surface area (Å²) in [6.07, 6.45) is 7.66. The van der Waals surface area contributed by atoms with Crippen molar-refractivity contribution < 1.29 is 4.74 Å². The first kappa shape index (κ1) is 12.5. The number of ether oxygens (including phenoxy) is 1. The molecule has 86 valence electrons. The number of rotatable bonds is 5. The molecule has 2 nitrogen and oxygen atoms in total. The molecule has 0 bridgehead atoms. The van der Waals surface area contributed by atoms with Gasteiger partial charge in [0.15, 0.2) is 0 Å². The summed E-state index contributed by atoms with van der Waals surface area (Å²) in [7, 11) is 0. The second-order valence-electron chi connectivity index (χ2n) is 5.32. The normalized spacial score (nSPS) is 18.7. The molecule has 1 fully saturated rings. The zero-order chi connectivity index (χ0) is 11.1. The third-order valence-corrected chi connectivity index (χ3v) is 3.25. The minimum absolute atomic E-state index is 0.230. The van der Waals surface area contributed by atoms with Crippen LogP contribution in [-0.4, -0.2) is 13.2 Å². The van der Waals surface area contributed by atoms with Crippen LogP contribution >= 0.6 is 0 Å². The molecule has 0 radical (unpaired) electrons. The van der Waals surface area contributed by atoms with Crippen molar-refractivity contribution in [2.75, 3.05) is 13.2 Å². The molecule has 15 heavy (non-hydrogen) atoms. The summed E-state index contributed by atoms with van der Waals surface area (Å²) >= 11 is 0. The van der Waals surface area contributed by atoms with Crippen LogP contribution in [0.2, 0.25) is 0 Å². The topological polar surface area (TPSA) is 33.0 Å². The molecule has 0 unspecified atom stereocenters. The van der Waals surface area contributed by atoms with Gasteiger partial charge in [0.1, 0.15) is 0 Å². The van der Waals surface area contributed by atoms with Crippen LogP contribution in [0.25, 0.3) is 0 Å². The molecule has 1 aliphatic carbocycles. The van der Waals surface area contributed by atoms with E-state index in [0.717, 1.165) is 25.6 Å². The summed E-state index contributed by atoms with van der Waals surface area (Å²) in [6, 6.07) is 2.30. The molecule has 0 aliphatic heterocycles. The van der Waals surface area contributed by atoms with Crippen LogP contribution in [0.4, 0.5) is 0 Å². The lowest BCUT2D eigenvalue weighted by atomic mass is 9.90. The number of hydrogen-bond donors (Lipinski definition) is 0. The quantitative estimate of drug-likeness (QED) is 0.649. The Labute approximate surface area is 93.6 Å². The van der Waals surface area contributed by atoms with Crippen LogP contribution in [0.15, 0.2) is 0 Å². The smallest absolute Gasteiger partial charge is 0.0684 e. The zero-order valence-corrected chi connectivity index (χ0v) is 10.1. The van der Waals surface area contributed by atoms with Crippen molar-refractivity contribution >= 4 is 0 Å². The van der Waals surface area contributed by atoms with Gasteiger partial charge in [0.05, 0.1) is 11.5 Å². The lowest BCUT2D eigenvalue weighted by Crippen LogP contribution is -2.17. The average Bonchev–Trinajstić information content (AvgIpc) is 2.26. The predicted octanol–water partition coefficient (Wildman–Crippen LogP) is 3.52. The summed E-state index contributed by atoms with van der Waals surface area (Å²) in [6.45, 7) is 5.58. The fourth-order valence-electron chi connectivity index (χ4n) is 1.99. The Morgan fingerprint density at radius 3 is 2.53 bits per heavy atom. The van der Waals surface area contributed by atoms with Gasteiger partial charge in [0.2, 0.25) is 0 Å². The highest BCUT2D eigenvalue weighted by Gasteiger charge is 2.17. The van der Waals surface area contributed by atoms with E-state index in [0.29, 0.717) is 0 Å². The summed E-state index contributed by atoms with van der Waals surface area (Å²) in [4.78, 5) is 0. The van der Waals surface area contributed by atoms with Gasteiger partial charge >= 0.3 is 0 Å². The molecule has 1 aliphatic rings. The molecule has 2 heteroatoms. The molecule has 0 saturated heterocycles. The Kier molecular flexibility index (Phi) is 5.11. The molecule has 0 heterocycles. The summed E-state index contributed by atoms with van der Waals surface area (Å²) in [5.41, 5.74) is -0.230. The van der Waals surface area contributed by atoms with Crippen molar-refractivity contribution in [2.45, 2.75) is 52.4 Å². The van der Waals surface area contributed by atoms with Crippen LogP contribution in [0.3, 0.4) is 0 Å². The van der Waals surface area contributed by atoms with Crippen LogP contribution in [0.5, 0.6) is 0 Å². The van der Waals surface area contributed by atoms with Crippen LogP contribution in [-0.2, 0) is 4.74 Å². The molecule has 0 amide bonds. The van der Waals surface area contributed by atoms with Gasteiger partial charge in [-0.15, -0.1) is 0 Å². The second kappa shape index (κ2) is 6.12. The highest BCUT2D eigenvalue weighted by atomic mass is 16.5. The van der Waals surface area contributed by atoms with Crippen molar-refractivity contribution in [1.82, 2.24) is 0 Å². The third-order valence-electron chi connectivity index (χ3n) is 3.25. The Hall–Kier alpha value is -0.550. The molecule has 1 saturated carbocycles. The average molecular weight is 209 g/mol. The van der Waals surface area contributed by atoms with E-state index in [9.17, 15) is 0 Å². The predicted molar refractivity (Wildman–Crippen MR) is 61.4 cm³/mol. The van der Waals surface area contributed by atoms with Gasteiger partial charge < -0.3 is 4.74 Å². The summed E-state index contributed by atoms with van der Waals surface area (Å²) < 4.78 is 5.66. The van der Waals surface area contributed by atoms with Gasteiger partial charge in [0.25, 0.3) is 0 Å². The molecule has 0 N–H and O–H groups in total. The van der Waals surface area contributed by atoms with Gasteiger partial charge in [-0.1, -0.05) is 19.3 Å². The SMILES string of the molecule is CC(C)(C#N)CCOCC1CCCCC1. The minimum Gasteiger partial charge on any atom is -0.381 e. The second-order valence-corrected chi connectivity index (χ2v) is 5.32. The van der Waals surface area contributed by atoms with E-state index in [-0.39, 0.29) is 5.41 Å². The monoisotopic (exact) mass is 209 g/mol. The lowest BCUT2D eigenvalue weighted by molar-refractivity contribution is 0.0726. The van der Waals surface area contributed by atoms with Gasteiger partial charge in [-0.2, -0.15) is 5.26 Å². The molecule has 0 aromatic carbocycles. The first-order chi connectivity index (χ1) is 7.14. The Morgan fingerprint density at radius 1 is 1.27 bits per heavy atom. The molecule has 0 spiro atoms. The van der Waals surface area contributed by atoms with E-state index >= 15 is 0 Å². The molecular formula is C13H23NO. The minimum atomic E-state index is -0.230. The van der Waals surface area contributed by atoms with Crippen molar-refractivity contribution in [3.05, 3.63) is 0 Å². The van der Waals surface area contributed by atoms with Gasteiger partial charge in [0, 0.05) is 13.2 Å². The summed E-state index contributed by atoms with van der Waals surface area (Å²) in [5, 5.41) is 8.84. The molecule has 0 aromatic rings. The molecule has 0 aromatic heterocycles. The fraction of sp³-hybridized carbons (Fsp3) is 0.923. The first-order valence-corrected chi connectivity index (χ1v) is 6.13. The number of hydrogen-bond acceptors (Lipinski definition) is 2. The largest absolute Gasteiger partial charge is 0.381 e. The third kappa shape index (κ3) is 5.18. The highest BCUT2D eigenvalue weighted by molar-refractivity contribution is 4.91. The van der Waals surface area contributed by atoms with Gasteiger partial charge in [-0.3, -0.25) is 0 Å². The summed E-state index contributed by atoms with van der Waals surface area (Å²) in [5.74, 6) is 0.781. The zero-order valence-electron chi connectivity index (χ0n) is 10.1. The van der Waals surface area contributed by atoms with E-state index in [1.165, 1.54) is 32.1 Å². The number of nitriles is 1.